The predicted molar refractivity (Wildman–Crippen MR) is 40.8 cm³/mol. The Hall–Kier alpha value is -1.65. The summed E-state index contributed by atoms with van der Waals surface area (Å²) in [6.45, 7) is 4.20. The molecule has 0 aliphatic heterocycles. The number of carboxylic acids is 2. The van der Waals surface area contributed by atoms with Crippen LogP contribution in [-0.2, 0) is 14.4 Å². The summed E-state index contributed by atoms with van der Waals surface area (Å²) in [4.78, 5) is 28.7. The number of Topliss-reactive ketones (excluding diaryl/α,β-unsaturated/α-hetero) is 1. The van der Waals surface area contributed by atoms with Crippen molar-refractivity contribution in [3.05, 3.63) is 12.7 Å². The second kappa shape index (κ2) is 7.46. The number of carbonyl (C=O) groups is 3. The molecule has 0 aromatic rings. The highest BCUT2D eigenvalue weighted by Gasteiger charge is 1.98. The summed E-state index contributed by atoms with van der Waals surface area (Å²) in [6, 6.07) is 0. The molecule has 12 heavy (non-hydrogen) atoms. The lowest BCUT2D eigenvalue weighted by Crippen LogP contribution is -2.00. The SMILES string of the molecule is C=CC(=O)O.CC(=O)CC(=O)O. The first-order valence-corrected chi connectivity index (χ1v) is 2.96. The maximum absolute atomic E-state index is 9.87. The minimum absolute atomic E-state index is 0.312. The van der Waals surface area contributed by atoms with Crippen molar-refractivity contribution >= 4 is 17.7 Å². The maximum Gasteiger partial charge on any atom is 0.327 e. The van der Waals surface area contributed by atoms with E-state index in [1.54, 1.807) is 0 Å². The molecule has 0 saturated carbocycles. The van der Waals surface area contributed by atoms with E-state index in [1.807, 2.05) is 0 Å². The van der Waals surface area contributed by atoms with Crippen LogP contribution < -0.4 is 0 Å². The average Bonchev–Trinajstić information content (AvgIpc) is 1.85. The number of carboxylic acid groups (broad SMARTS) is 2. The Morgan fingerprint density at radius 1 is 1.33 bits per heavy atom. The molecular formula is C7H10O5. The van der Waals surface area contributed by atoms with E-state index in [1.165, 1.54) is 6.92 Å². The average molecular weight is 174 g/mol. The third-order valence-electron chi connectivity index (χ3n) is 0.575. The lowest BCUT2D eigenvalue weighted by molar-refractivity contribution is -0.139. The van der Waals surface area contributed by atoms with E-state index >= 15 is 0 Å². The summed E-state index contributed by atoms with van der Waals surface area (Å²) < 4.78 is 0. The number of ketones is 1. The molecule has 0 aliphatic carbocycles. The van der Waals surface area contributed by atoms with Gasteiger partial charge in [0.2, 0.25) is 0 Å². The van der Waals surface area contributed by atoms with Crippen molar-refractivity contribution in [2.45, 2.75) is 13.3 Å². The third kappa shape index (κ3) is 23.8. The van der Waals surface area contributed by atoms with Gasteiger partial charge in [0.15, 0.2) is 0 Å². The first kappa shape index (κ1) is 13.0. The molecule has 2 N–H and O–H groups in total. The second-order valence-electron chi connectivity index (χ2n) is 1.81. The summed E-state index contributed by atoms with van der Waals surface area (Å²) >= 11 is 0. The fraction of sp³-hybridized carbons (Fsp3) is 0.286. The van der Waals surface area contributed by atoms with Crippen LogP contribution in [0.4, 0.5) is 0 Å². The van der Waals surface area contributed by atoms with Gasteiger partial charge in [-0.15, -0.1) is 0 Å². The second-order valence-corrected chi connectivity index (χ2v) is 1.81. The molecule has 5 nitrogen and oxygen atoms in total. The largest absolute Gasteiger partial charge is 0.481 e. The van der Waals surface area contributed by atoms with Gasteiger partial charge in [-0.2, -0.15) is 0 Å². The van der Waals surface area contributed by atoms with Crippen molar-refractivity contribution in [1.29, 1.82) is 0 Å². The Kier molecular flexibility index (Phi) is 8.06. The first-order valence-electron chi connectivity index (χ1n) is 2.96. The molecule has 0 heterocycles. The lowest BCUT2D eigenvalue weighted by Gasteiger charge is -1.80. The van der Waals surface area contributed by atoms with Gasteiger partial charge in [0.1, 0.15) is 12.2 Å². The van der Waals surface area contributed by atoms with Gasteiger partial charge in [-0.1, -0.05) is 6.58 Å². The van der Waals surface area contributed by atoms with Crippen molar-refractivity contribution in [2.75, 3.05) is 0 Å². The summed E-state index contributed by atoms with van der Waals surface area (Å²) in [5, 5.41) is 15.5. The Morgan fingerprint density at radius 2 is 1.67 bits per heavy atom. The van der Waals surface area contributed by atoms with Crippen molar-refractivity contribution in [1.82, 2.24) is 0 Å². The molecule has 0 aliphatic rings. The highest BCUT2D eigenvalue weighted by molar-refractivity contribution is 5.93. The van der Waals surface area contributed by atoms with Gasteiger partial charge >= 0.3 is 11.9 Å². The summed E-state index contributed by atoms with van der Waals surface area (Å²) in [7, 11) is 0. The normalized spacial score (nSPS) is 7.42. The molecule has 0 spiro atoms. The van der Waals surface area contributed by atoms with E-state index in [9.17, 15) is 14.4 Å². The maximum atomic E-state index is 9.87. The fourth-order valence-corrected chi connectivity index (χ4v) is 0.213. The van der Waals surface area contributed by atoms with E-state index in [4.69, 9.17) is 10.2 Å². The van der Waals surface area contributed by atoms with E-state index in [2.05, 4.69) is 6.58 Å². The van der Waals surface area contributed by atoms with Crippen LogP contribution in [0, 0.1) is 0 Å². The molecule has 0 aromatic carbocycles. The Balaban J connectivity index is 0. The van der Waals surface area contributed by atoms with Gasteiger partial charge < -0.3 is 10.2 Å². The zero-order valence-corrected chi connectivity index (χ0v) is 6.61. The predicted octanol–water partition coefficient (Wildman–Crippen LogP) is 0.307. The topological polar surface area (TPSA) is 91.7 Å². The number of carbonyl (C=O) groups excluding carboxylic acids is 1. The molecule has 0 atom stereocenters. The molecule has 5 heteroatoms. The first-order chi connectivity index (χ1) is 5.40. The van der Waals surface area contributed by atoms with Crippen molar-refractivity contribution in [3.8, 4) is 0 Å². The quantitative estimate of drug-likeness (QED) is 0.474. The number of hydrogen-bond acceptors (Lipinski definition) is 3. The van der Waals surface area contributed by atoms with Crippen LogP contribution >= 0.6 is 0 Å². The summed E-state index contributed by atoms with van der Waals surface area (Å²) in [5.41, 5.74) is 0. The Morgan fingerprint density at radius 3 is 1.67 bits per heavy atom. The Labute approximate surface area is 69.3 Å². The van der Waals surface area contributed by atoms with E-state index < -0.39 is 11.9 Å². The van der Waals surface area contributed by atoms with Crippen LogP contribution in [0.15, 0.2) is 12.7 Å². The fourth-order valence-electron chi connectivity index (χ4n) is 0.213. The molecule has 68 valence electrons. The number of hydrogen-bond donors (Lipinski definition) is 2. The number of aliphatic carboxylic acids is 2. The standard InChI is InChI=1S/C4H6O3.C3H4O2/c1-3(5)2-4(6)7;1-2-3(4)5/h2H2,1H3,(H,6,7);2H,1H2,(H,4,5). The van der Waals surface area contributed by atoms with Gasteiger partial charge in [0, 0.05) is 6.08 Å². The minimum atomic E-state index is -1.06. The van der Waals surface area contributed by atoms with Gasteiger partial charge in [-0.25, -0.2) is 4.79 Å². The van der Waals surface area contributed by atoms with Gasteiger partial charge in [0.05, 0.1) is 0 Å². The summed E-state index contributed by atoms with van der Waals surface area (Å²) in [5.74, 6) is -2.36. The molecule has 0 bridgehead atoms. The van der Waals surface area contributed by atoms with Crippen LogP contribution in [0.25, 0.3) is 0 Å². The lowest BCUT2D eigenvalue weighted by atomic mass is 10.3. The zero-order chi connectivity index (χ0) is 10.1. The molecule has 0 saturated heterocycles. The van der Waals surface area contributed by atoms with Crippen molar-refractivity contribution in [2.24, 2.45) is 0 Å². The number of rotatable bonds is 3. The third-order valence-corrected chi connectivity index (χ3v) is 0.575. The van der Waals surface area contributed by atoms with Crippen LogP contribution in [-0.4, -0.2) is 27.9 Å². The van der Waals surface area contributed by atoms with Crippen LogP contribution in [0.2, 0.25) is 0 Å². The van der Waals surface area contributed by atoms with Gasteiger partial charge in [-0.05, 0) is 6.92 Å². The molecule has 0 amide bonds. The highest BCUT2D eigenvalue weighted by atomic mass is 16.4. The van der Waals surface area contributed by atoms with Gasteiger partial charge in [0.25, 0.3) is 0 Å². The smallest absolute Gasteiger partial charge is 0.327 e. The molecule has 0 radical (unpaired) electrons. The Bertz CT molecular complexity index is 182. The van der Waals surface area contributed by atoms with E-state index in [0.29, 0.717) is 0 Å². The molecular weight excluding hydrogens is 164 g/mol. The minimum Gasteiger partial charge on any atom is -0.481 e. The molecule has 0 fully saturated rings. The van der Waals surface area contributed by atoms with E-state index in [0.717, 1.165) is 6.08 Å². The van der Waals surface area contributed by atoms with E-state index in [-0.39, 0.29) is 12.2 Å². The molecule has 0 rings (SSSR count). The van der Waals surface area contributed by atoms with Crippen LogP contribution in [0.3, 0.4) is 0 Å². The zero-order valence-electron chi connectivity index (χ0n) is 6.61. The summed E-state index contributed by atoms with van der Waals surface area (Å²) in [6.07, 6.45) is 0.472. The molecule has 0 unspecified atom stereocenters. The van der Waals surface area contributed by atoms with Crippen LogP contribution in [0.1, 0.15) is 13.3 Å². The van der Waals surface area contributed by atoms with Crippen molar-refractivity contribution in [3.63, 3.8) is 0 Å². The highest BCUT2D eigenvalue weighted by Crippen LogP contribution is 1.77. The van der Waals surface area contributed by atoms with Crippen molar-refractivity contribution < 1.29 is 24.6 Å². The monoisotopic (exact) mass is 174 g/mol. The molecule has 0 aromatic heterocycles. The van der Waals surface area contributed by atoms with Crippen LogP contribution in [0.5, 0.6) is 0 Å². The van der Waals surface area contributed by atoms with Gasteiger partial charge in [-0.3, -0.25) is 9.59 Å².